The number of aromatic nitrogens is 2. The highest BCUT2D eigenvalue weighted by Crippen LogP contribution is 2.22. The van der Waals surface area contributed by atoms with Crippen molar-refractivity contribution in [3.05, 3.63) is 44.2 Å². The molecule has 0 spiro atoms. The minimum absolute atomic E-state index is 0.579. The summed E-state index contributed by atoms with van der Waals surface area (Å²) in [5.41, 5.74) is 8.03. The average molecular weight is 355 g/mol. The molecule has 3 aromatic rings. The molecular weight excluding hydrogens is 345 g/mol. The van der Waals surface area contributed by atoms with Gasteiger partial charge < -0.3 is 10.3 Å². The summed E-state index contributed by atoms with van der Waals surface area (Å²) >= 11 is 4.02. The van der Waals surface area contributed by atoms with E-state index in [2.05, 4.69) is 67.9 Å². The second-order valence-corrected chi connectivity index (χ2v) is 6.05. The number of fused-ring (bicyclic) bond motifs is 1. The van der Waals surface area contributed by atoms with Gasteiger partial charge in [0.15, 0.2) is 0 Å². The Hall–Kier alpha value is -1.08. The predicted octanol–water partition coefficient (Wildman–Crippen LogP) is 3.33. The van der Waals surface area contributed by atoms with Crippen molar-refractivity contribution in [1.82, 2.24) is 9.55 Å². The SMILES string of the molecule is Nc1nc2cc(I)ccc2n1Cc1cccs1. The van der Waals surface area contributed by atoms with Gasteiger partial charge in [0.25, 0.3) is 0 Å². The van der Waals surface area contributed by atoms with Crippen LogP contribution in [0.5, 0.6) is 0 Å². The van der Waals surface area contributed by atoms with Crippen molar-refractivity contribution in [2.45, 2.75) is 6.54 Å². The van der Waals surface area contributed by atoms with E-state index in [0.29, 0.717) is 5.95 Å². The van der Waals surface area contributed by atoms with E-state index in [0.717, 1.165) is 17.6 Å². The average Bonchev–Trinajstić information content (AvgIpc) is 2.88. The first-order valence-electron chi connectivity index (χ1n) is 5.18. The van der Waals surface area contributed by atoms with Gasteiger partial charge in [-0.05, 0) is 52.2 Å². The van der Waals surface area contributed by atoms with Crippen LogP contribution >= 0.6 is 33.9 Å². The van der Waals surface area contributed by atoms with Crippen LogP contribution in [-0.4, -0.2) is 9.55 Å². The molecule has 0 unspecified atom stereocenters. The van der Waals surface area contributed by atoms with Crippen molar-refractivity contribution in [1.29, 1.82) is 0 Å². The van der Waals surface area contributed by atoms with Gasteiger partial charge >= 0.3 is 0 Å². The van der Waals surface area contributed by atoms with Crippen LogP contribution < -0.4 is 5.73 Å². The molecule has 0 fully saturated rings. The summed E-state index contributed by atoms with van der Waals surface area (Å²) in [7, 11) is 0. The van der Waals surface area contributed by atoms with Gasteiger partial charge in [-0.25, -0.2) is 4.98 Å². The van der Waals surface area contributed by atoms with Crippen LogP contribution in [0.15, 0.2) is 35.7 Å². The van der Waals surface area contributed by atoms with Crippen LogP contribution in [-0.2, 0) is 6.54 Å². The number of hydrogen-bond acceptors (Lipinski definition) is 3. The van der Waals surface area contributed by atoms with Gasteiger partial charge in [-0.15, -0.1) is 11.3 Å². The van der Waals surface area contributed by atoms with Crippen molar-refractivity contribution in [2.24, 2.45) is 0 Å². The van der Waals surface area contributed by atoms with Crippen LogP contribution in [0, 0.1) is 3.57 Å². The number of hydrogen-bond donors (Lipinski definition) is 1. The predicted molar refractivity (Wildman–Crippen MR) is 80.3 cm³/mol. The van der Waals surface area contributed by atoms with Crippen LogP contribution in [0.4, 0.5) is 5.95 Å². The molecule has 0 saturated heterocycles. The fourth-order valence-electron chi connectivity index (χ4n) is 1.85. The number of nitrogen functional groups attached to an aromatic ring is 1. The lowest BCUT2D eigenvalue weighted by atomic mass is 10.3. The van der Waals surface area contributed by atoms with E-state index in [-0.39, 0.29) is 0 Å². The van der Waals surface area contributed by atoms with Crippen LogP contribution in [0.3, 0.4) is 0 Å². The van der Waals surface area contributed by atoms with Gasteiger partial charge in [-0.3, -0.25) is 0 Å². The minimum Gasteiger partial charge on any atom is -0.369 e. The Morgan fingerprint density at radius 3 is 3.00 bits per heavy atom. The number of halogens is 1. The molecule has 2 N–H and O–H groups in total. The molecule has 2 aromatic heterocycles. The standard InChI is InChI=1S/C12H10IN3S/c13-8-3-4-11-10(6-8)15-12(14)16(11)7-9-2-1-5-17-9/h1-6H,7H2,(H2,14,15). The third-order valence-corrected chi connectivity index (χ3v) is 4.17. The summed E-state index contributed by atoms with van der Waals surface area (Å²) in [4.78, 5) is 5.68. The smallest absolute Gasteiger partial charge is 0.201 e. The quantitative estimate of drug-likeness (QED) is 0.717. The molecule has 0 aliphatic rings. The molecule has 0 radical (unpaired) electrons. The molecule has 0 aliphatic carbocycles. The highest BCUT2D eigenvalue weighted by atomic mass is 127. The monoisotopic (exact) mass is 355 g/mol. The van der Waals surface area contributed by atoms with E-state index in [1.807, 2.05) is 0 Å². The van der Waals surface area contributed by atoms with Gasteiger partial charge in [-0.2, -0.15) is 0 Å². The van der Waals surface area contributed by atoms with Gasteiger partial charge in [-0.1, -0.05) is 6.07 Å². The van der Waals surface area contributed by atoms with Gasteiger partial charge in [0.05, 0.1) is 17.6 Å². The number of anilines is 1. The summed E-state index contributed by atoms with van der Waals surface area (Å²) in [6.07, 6.45) is 0. The Bertz CT molecular complexity index is 658. The number of imidazole rings is 1. The lowest BCUT2D eigenvalue weighted by molar-refractivity contribution is 0.853. The summed E-state index contributed by atoms with van der Waals surface area (Å²) < 4.78 is 3.23. The van der Waals surface area contributed by atoms with Gasteiger partial charge in [0.1, 0.15) is 0 Å². The molecule has 0 bridgehead atoms. The van der Waals surface area contributed by atoms with Crippen LogP contribution in [0.2, 0.25) is 0 Å². The van der Waals surface area contributed by atoms with E-state index < -0.39 is 0 Å². The molecule has 17 heavy (non-hydrogen) atoms. The van der Waals surface area contributed by atoms with Gasteiger partial charge in [0.2, 0.25) is 5.95 Å². The summed E-state index contributed by atoms with van der Waals surface area (Å²) in [5.74, 6) is 0.579. The van der Waals surface area contributed by atoms with Gasteiger partial charge in [0, 0.05) is 8.45 Å². The largest absolute Gasteiger partial charge is 0.369 e. The Balaban J connectivity index is 2.12. The Labute approximate surface area is 116 Å². The molecule has 1 aromatic carbocycles. The molecule has 0 saturated carbocycles. The number of nitrogens with two attached hydrogens (primary N) is 1. The van der Waals surface area contributed by atoms with E-state index in [4.69, 9.17) is 5.73 Å². The third kappa shape index (κ3) is 2.04. The molecule has 0 atom stereocenters. The van der Waals surface area contributed by atoms with Crippen molar-refractivity contribution in [3.8, 4) is 0 Å². The first-order valence-corrected chi connectivity index (χ1v) is 7.13. The first kappa shape index (κ1) is 11.0. The minimum atomic E-state index is 0.579. The van der Waals surface area contributed by atoms with E-state index in [9.17, 15) is 0 Å². The third-order valence-electron chi connectivity index (χ3n) is 2.63. The Morgan fingerprint density at radius 2 is 2.24 bits per heavy atom. The molecule has 0 aliphatic heterocycles. The molecule has 3 nitrogen and oxygen atoms in total. The second kappa shape index (κ2) is 4.30. The lowest BCUT2D eigenvalue weighted by Gasteiger charge is -2.04. The summed E-state index contributed by atoms with van der Waals surface area (Å²) in [6.45, 7) is 0.792. The van der Waals surface area contributed by atoms with Crippen molar-refractivity contribution in [2.75, 3.05) is 5.73 Å². The van der Waals surface area contributed by atoms with Crippen molar-refractivity contribution >= 4 is 50.9 Å². The molecule has 0 amide bonds. The zero-order valence-electron chi connectivity index (χ0n) is 8.93. The topological polar surface area (TPSA) is 43.8 Å². The van der Waals surface area contributed by atoms with E-state index in [1.165, 1.54) is 8.45 Å². The van der Waals surface area contributed by atoms with Crippen LogP contribution in [0.1, 0.15) is 4.88 Å². The van der Waals surface area contributed by atoms with Crippen LogP contribution in [0.25, 0.3) is 11.0 Å². The summed E-state index contributed by atoms with van der Waals surface area (Å²) in [6, 6.07) is 10.4. The normalized spacial score (nSPS) is 11.1. The first-order chi connectivity index (χ1) is 8.24. The molecule has 2 heterocycles. The lowest BCUT2D eigenvalue weighted by Crippen LogP contribution is -2.03. The fraction of sp³-hybridized carbons (Fsp3) is 0.0833. The number of benzene rings is 1. The fourth-order valence-corrected chi connectivity index (χ4v) is 3.01. The Morgan fingerprint density at radius 1 is 1.35 bits per heavy atom. The number of rotatable bonds is 2. The molecular formula is C12H10IN3S. The number of thiophene rings is 1. The molecule has 3 rings (SSSR count). The zero-order valence-corrected chi connectivity index (χ0v) is 11.9. The molecule has 86 valence electrons. The van der Waals surface area contributed by atoms with Crippen molar-refractivity contribution in [3.63, 3.8) is 0 Å². The van der Waals surface area contributed by atoms with E-state index >= 15 is 0 Å². The Kier molecular flexibility index (Phi) is 2.79. The zero-order chi connectivity index (χ0) is 11.8. The molecule has 5 heteroatoms. The number of nitrogens with zero attached hydrogens (tertiary/aromatic N) is 2. The van der Waals surface area contributed by atoms with E-state index in [1.54, 1.807) is 11.3 Å². The maximum atomic E-state index is 5.97. The van der Waals surface area contributed by atoms with Crippen molar-refractivity contribution < 1.29 is 0 Å². The maximum Gasteiger partial charge on any atom is 0.201 e. The highest BCUT2D eigenvalue weighted by Gasteiger charge is 2.09. The summed E-state index contributed by atoms with van der Waals surface area (Å²) in [5, 5.41) is 2.08. The maximum absolute atomic E-state index is 5.97. The second-order valence-electron chi connectivity index (χ2n) is 3.77. The highest BCUT2D eigenvalue weighted by molar-refractivity contribution is 14.1.